The minimum Gasteiger partial charge on any atom is -0.455 e. The van der Waals surface area contributed by atoms with Crippen molar-refractivity contribution in [3.8, 4) is 17.6 Å². The molecule has 0 saturated carbocycles. The van der Waals surface area contributed by atoms with Crippen molar-refractivity contribution < 1.29 is 9.53 Å². The SMILES string of the molecule is N#Cc1ccc(Oc2ccc3c(c2)CCC(=O)N3)c(N)c1. The monoisotopic (exact) mass is 279 g/mol. The predicted octanol–water partition coefficient (Wildman–Crippen LogP) is 2.82. The Hall–Kier alpha value is -3.00. The average molecular weight is 279 g/mol. The van der Waals surface area contributed by atoms with Crippen LogP contribution in [0.3, 0.4) is 0 Å². The summed E-state index contributed by atoms with van der Waals surface area (Å²) in [4.78, 5) is 11.3. The first-order chi connectivity index (χ1) is 10.2. The highest BCUT2D eigenvalue weighted by Crippen LogP contribution is 2.32. The van der Waals surface area contributed by atoms with Crippen molar-refractivity contribution >= 4 is 17.3 Å². The van der Waals surface area contributed by atoms with Crippen LogP contribution in [0.15, 0.2) is 36.4 Å². The number of fused-ring (bicyclic) bond motifs is 1. The van der Waals surface area contributed by atoms with Crippen LogP contribution in [0.5, 0.6) is 11.5 Å². The van der Waals surface area contributed by atoms with Crippen molar-refractivity contribution in [2.75, 3.05) is 11.1 Å². The highest BCUT2D eigenvalue weighted by Gasteiger charge is 2.15. The number of nitrogens with two attached hydrogens (primary N) is 1. The molecule has 3 rings (SSSR count). The molecule has 0 fully saturated rings. The maximum atomic E-state index is 11.3. The Labute approximate surface area is 121 Å². The summed E-state index contributed by atoms with van der Waals surface area (Å²) in [5.74, 6) is 1.20. The van der Waals surface area contributed by atoms with Crippen molar-refractivity contribution in [1.29, 1.82) is 5.26 Å². The van der Waals surface area contributed by atoms with E-state index < -0.39 is 0 Å². The highest BCUT2D eigenvalue weighted by molar-refractivity contribution is 5.94. The molecule has 0 unspecified atom stereocenters. The van der Waals surface area contributed by atoms with Gasteiger partial charge in [0, 0.05) is 12.1 Å². The molecule has 5 nitrogen and oxygen atoms in total. The number of nitrogen functional groups attached to an aromatic ring is 1. The molecule has 0 spiro atoms. The van der Waals surface area contributed by atoms with E-state index in [4.69, 9.17) is 15.7 Å². The molecule has 1 amide bonds. The minimum atomic E-state index is 0.0347. The fourth-order valence-electron chi connectivity index (χ4n) is 2.26. The number of ether oxygens (including phenoxy) is 1. The number of aryl methyl sites for hydroxylation is 1. The van der Waals surface area contributed by atoms with Gasteiger partial charge in [0.25, 0.3) is 0 Å². The van der Waals surface area contributed by atoms with E-state index in [2.05, 4.69) is 5.32 Å². The lowest BCUT2D eigenvalue weighted by atomic mass is 10.0. The summed E-state index contributed by atoms with van der Waals surface area (Å²) < 4.78 is 5.75. The van der Waals surface area contributed by atoms with Gasteiger partial charge in [0.2, 0.25) is 5.91 Å². The largest absolute Gasteiger partial charge is 0.455 e. The van der Waals surface area contributed by atoms with Gasteiger partial charge in [0.1, 0.15) is 11.5 Å². The second-order valence-corrected chi connectivity index (χ2v) is 4.83. The van der Waals surface area contributed by atoms with E-state index in [1.54, 1.807) is 24.3 Å². The van der Waals surface area contributed by atoms with Gasteiger partial charge in [-0.05, 0) is 48.4 Å². The summed E-state index contributed by atoms with van der Waals surface area (Å²) in [5, 5.41) is 11.6. The summed E-state index contributed by atoms with van der Waals surface area (Å²) in [5.41, 5.74) is 8.64. The van der Waals surface area contributed by atoms with Crippen molar-refractivity contribution in [1.82, 2.24) is 0 Å². The Morgan fingerprint density at radius 1 is 1.19 bits per heavy atom. The van der Waals surface area contributed by atoms with E-state index in [0.29, 0.717) is 35.6 Å². The van der Waals surface area contributed by atoms with Crippen molar-refractivity contribution in [2.45, 2.75) is 12.8 Å². The van der Waals surface area contributed by atoms with Crippen LogP contribution in [-0.2, 0) is 11.2 Å². The summed E-state index contributed by atoms with van der Waals surface area (Å²) >= 11 is 0. The van der Waals surface area contributed by atoms with Gasteiger partial charge >= 0.3 is 0 Å². The number of anilines is 2. The van der Waals surface area contributed by atoms with Gasteiger partial charge in [0.05, 0.1) is 17.3 Å². The molecule has 2 aromatic rings. The molecule has 0 bridgehead atoms. The van der Waals surface area contributed by atoms with Gasteiger partial charge in [0.15, 0.2) is 0 Å². The zero-order valence-electron chi connectivity index (χ0n) is 11.2. The molecule has 104 valence electrons. The fourth-order valence-corrected chi connectivity index (χ4v) is 2.26. The van der Waals surface area contributed by atoms with Crippen LogP contribution < -0.4 is 15.8 Å². The molecule has 1 heterocycles. The molecule has 0 saturated heterocycles. The maximum absolute atomic E-state index is 11.3. The minimum absolute atomic E-state index is 0.0347. The molecule has 21 heavy (non-hydrogen) atoms. The van der Waals surface area contributed by atoms with Gasteiger partial charge in [-0.1, -0.05) is 0 Å². The second-order valence-electron chi connectivity index (χ2n) is 4.83. The number of nitrogens with zero attached hydrogens (tertiary/aromatic N) is 1. The van der Waals surface area contributed by atoms with Crippen molar-refractivity contribution in [3.63, 3.8) is 0 Å². The van der Waals surface area contributed by atoms with Crippen LogP contribution in [0.2, 0.25) is 0 Å². The fraction of sp³-hybridized carbons (Fsp3) is 0.125. The third-order valence-corrected chi connectivity index (χ3v) is 3.34. The normalized spacial score (nSPS) is 13.0. The van der Waals surface area contributed by atoms with E-state index in [1.807, 2.05) is 18.2 Å². The molecule has 0 aliphatic carbocycles. The number of nitriles is 1. The van der Waals surface area contributed by atoms with E-state index in [0.717, 1.165) is 11.3 Å². The van der Waals surface area contributed by atoms with Gasteiger partial charge in [-0.15, -0.1) is 0 Å². The molecule has 1 aliphatic rings. The van der Waals surface area contributed by atoms with Crippen LogP contribution in [-0.4, -0.2) is 5.91 Å². The molecule has 5 heteroatoms. The molecular weight excluding hydrogens is 266 g/mol. The summed E-state index contributed by atoms with van der Waals surface area (Å²) in [6, 6.07) is 12.4. The van der Waals surface area contributed by atoms with Gasteiger partial charge in [-0.25, -0.2) is 0 Å². The third-order valence-electron chi connectivity index (χ3n) is 3.34. The summed E-state index contributed by atoms with van der Waals surface area (Å²) in [6.07, 6.45) is 1.18. The van der Waals surface area contributed by atoms with E-state index in [1.165, 1.54) is 0 Å². The molecule has 1 aliphatic heterocycles. The number of rotatable bonds is 2. The summed E-state index contributed by atoms with van der Waals surface area (Å²) in [7, 11) is 0. The number of benzene rings is 2. The first-order valence-corrected chi connectivity index (χ1v) is 6.56. The Bertz CT molecular complexity index is 763. The topological polar surface area (TPSA) is 88.1 Å². The number of hydrogen-bond acceptors (Lipinski definition) is 4. The van der Waals surface area contributed by atoms with Gasteiger partial charge < -0.3 is 15.8 Å². The second kappa shape index (κ2) is 5.17. The molecule has 0 radical (unpaired) electrons. The molecule has 0 atom stereocenters. The number of carbonyl (C=O) groups excluding carboxylic acids is 1. The lowest BCUT2D eigenvalue weighted by Crippen LogP contribution is -2.18. The van der Waals surface area contributed by atoms with Crippen LogP contribution in [0.4, 0.5) is 11.4 Å². The molecule has 3 N–H and O–H groups in total. The van der Waals surface area contributed by atoms with Gasteiger partial charge in [-0.2, -0.15) is 5.26 Å². The Kier molecular flexibility index (Phi) is 3.20. The van der Waals surface area contributed by atoms with Crippen LogP contribution in [0.1, 0.15) is 17.5 Å². The Morgan fingerprint density at radius 2 is 2.05 bits per heavy atom. The zero-order valence-corrected chi connectivity index (χ0v) is 11.2. The van der Waals surface area contributed by atoms with Crippen LogP contribution in [0.25, 0.3) is 0 Å². The maximum Gasteiger partial charge on any atom is 0.224 e. The smallest absolute Gasteiger partial charge is 0.224 e. The number of nitrogens with one attached hydrogen (secondary N) is 1. The highest BCUT2D eigenvalue weighted by atomic mass is 16.5. The van der Waals surface area contributed by atoms with Gasteiger partial charge in [-0.3, -0.25) is 4.79 Å². The molecule has 2 aromatic carbocycles. The van der Waals surface area contributed by atoms with Crippen molar-refractivity contribution in [2.24, 2.45) is 0 Å². The summed E-state index contributed by atoms with van der Waals surface area (Å²) in [6.45, 7) is 0. The Morgan fingerprint density at radius 3 is 2.81 bits per heavy atom. The van der Waals surface area contributed by atoms with E-state index in [9.17, 15) is 4.79 Å². The number of amides is 1. The number of carbonyl (C=O) groups is 1. The quantitative estimate of drug-likeness (QED) is 0.827. The predicted molar refractivity (Wildman–Crippen MR) is 79.0 cm³/mol. The zero-order chi connectivity index (χ0) is 14.8. The molecular formula is C16H13N3O2. The van der Waals surface area contributed by atoms with E-state index >= 15 is 0 Å². The lowest BCUT2D eigenvalue weighted by molar-refractivity contribution is -0.116. The molecule has 0 aromatic heterocycles. The van der Waals surface area contributed by atoms with E-state index in [-0.39, 0.29) is 5.91 Å². The van der Waals surface area contributed by atoms with Crippen LogP contribution in [0, 0.1) is 11.3 Å². The number of hydrogen-bond donors (Lipinski definition) is 2. The first kappa shape index (κ1) is 13.0. The lowest BCUT2D eigenvalue weighted by Gasteiger charge is -2.18. The van der Waals surface area contributed by atoms with Crippen molar-refractivity contribution in [3.05, 3.63) is 47.5 Å². The standard InChI is InChI=1S/C16H13N3O2/c17-9-10-1-5-15(13(18)7-10)21-12-3-4-14-11(8-12)2-6-16(20)19-14/h1,3-5,7-8H,2,6,18H2,(H,19,20). The Balaban J connectivity index is 1.86. The average Bonchev–Trinajstić information content (AvgIpc) is 2.49. The third kappa shape index (κ3) is 2.65. The first-order valence-electron chi connectivity index (χ1n) is 6.56. The van der Waals surface area contributed by atoms with Crippen LogP contribution >= 0.6 is 0 Å².